The Bertz CT molecular complexity index is 573. The molecule has 0 N–H and O–H groups in total. The summed E-state index contributed by atoms with van der Waals surface area (Å²) in [6, 6.07) is 0. The van der Waals surface area contributed by atoms with E-state index >= 15 is 0 Å². The first-order chi connectivity index (χ1) is 9.60. The molecule has 1 atom stereocenters. The van der Waals surface area contributed by atoms with Gasteiger partial charge in [0.05, 0.1) is 11.1 Å². The van der Waals surface area contributed by atoms with Crippen LogP contribution in [0.15, 0.2) is 0 Å². The highest BCUT2D eigenvalue weighted by atomic mass is 35.5. The summed E-state index contributed by atoms with van der Waals surface area (Å²) in [5.41, 5.74) is 3.23. The average molecular weight is 315 g/mol. The highest BCUT2D eigenvalue weighted by Crippen LogP contribution is 2.27. The van der Waals surface area contributed by atoms with Crippen LogP contribution in [0, 0.1) is 0 Å². The van der Waals surface area contributed by atoms with E-state index in [9.17, 15) is 0 Å². The number of thioether (sulfide) groups is 1. The van der Waals surface area contributed by atoms with Crippen LogP contribution in [0.4, 0.5) is 0 Å². The standard InChI is InChI=1S/C14H23ClN4S/c1-5-7-11-12-14(18(3)17-11)19(8-6-9-20-4)13(16-12)10(2)15/h10H,5-9H2,1-4H3. The third-order valence-corrected chi connectivity index (χ3v) is 4.29. The van der Waals surface area contributed by atoms with E-state index in [2.05, 4.69) is 22.8 Å². The van der Waals surface area contributed by atoms with E-state index in [4.69, 9.17) is 16.6 Å². The molecular formula is C14H23ClN4S. The summed E-state index contributed by atoms with van der Waals surface area (Å²) in [4.78, 5) is 4.77. The Labute approximate surface area is 129 Å². The molecule has 0 saturated heterocycles. The molecule has 0 bridgehead atoms. The zero-order valence-corrected chi connectivity index (χ0v) is 14.3. The minimum absolute atomic E-state index is 0.0776. The van der Waals surface area contributed by atoms with Crippen molar-refractivity contribution in [1.29, 1.82) is 0 Å². The molecule has 20 heavy (non-hydrogen) atoms. The molecule has 0 radical (unpaired) electrons. The molecule has 2 rings (SSSR count). The van der Waals surface area contributed by atoms with Crippen LogP contribution in [0.1, 0.15) is 43.6 Å². The Kier molecular flexibility index (Phi) is 5.38. The molecule has 0 aromatic carbocycles. The first-order valence-corrected chi connectivity index (χ1v) is 8.98. The smallest absolute Gasteiger partial charge is 0.158 e. The fourth-order valence-corrected chi connectivity index (χ4v) is 3.14. The Morgan fingerprint density at radius 1 is 1.40 bits per heavy atom. The number of fused-ring (bicyclic) bond motifs is 1. The maximum Gasteiger partial charge on any atom is 0.158 e. The van der Waals surface area contributed by atoms with Gasteiger partial charge >= 0.3 is 0 Å². The van der Waals surface area contributed by atoms with Gasteiger partial charge in [0.25, 0.3) is 0 Å². The Morgan fingerprint density at radius 2 is 2.15 bits per heavy atom. The third kappa shape index (κ3) is 2.98. The van der Waals surface area contributed by atoms with E-state index in [-0.39, 0.29) is 5.38 Å². The number of hydrogen-bond acceptors (Lipinski definition) is 3. The van der Waals surface area contributed by atoms with Crippen LogP contribution in [-0.4, -0.2) is 31.3 Å². The molecule has 2 aromatic heterocycles. The van der Waals surface area contributed by atoms with Gasteiger partial charge in [-0.25, -0.2) is 4.98 Å². The van der Waals surface area contributed by atoms with Gasteiger partial charge in [0.1, 0.15) is 11.3 Å². The maximum atomic E-state index is 6.31. The van der Waals surface area contributed by atoms with Crippen molar-refractivity contribution in [2.45, 2.75) is 45.0 Å². The van der Waals surface area contributed by atoms with E-state index < -0.39 is 0 Å². The van der Waals surface area contributed by atoms with Gasteiger partial charge in [-0.3, -0.25) is 4.68 Å². The van der Waals surface area contributed by atoms with Gasteiger partial charge in [-0.2, -0.15) is 16.9 Å². The van der Waals surface area contributed by atoms with Crippen molar-refractivity contribution in [3.8, 4) is 0 Å². The number of hydrogen-bond donors (Lipinski definition) is 0. The summed E-state index contributed by atoms with van der Waals surface area (Å²) in [6.45, 7) is 5.11. The predicted octanol–water partition coefficient (Wildman–Crippen LogP) is 3.78. The molecule has 0 saturated carbocycles. The first kappa shape index (κ1) is 15.7. The van der Waals surface area contributed by atoms with Crippen molar-refractivity contribution in [3.05, 3.63) is 11.5 Å². The maximum absolute atomic E-state index is 6.31. The lowest BCUT2D eigenvalue weighted by atomic mass is 10.2. The number of nitrogens with zero attached hydrogens (tertiary/aromatic N) is 4. The van der Waals surface area contributed by atoms with E-state index in [1.165, 1.54) is 0 Å². The van der Waals surface area contributed by atoms with E-state index in [1.807, 2.05) is 30.4 Å². The summed E-state index contributed by atoms with van der Waals surface area (Å²) in [7, 11) is 2.00. The first-order valence-electron chi connectivity index (χ1n) is 7.15. The van der Waals surface area contributed by atoms with Crippen LogP contribution in [0.5, 0.6) is 0 Å². The van der Waals surface area contributed by atoms with Crippen LogP contribution >= 0.6 is 23.4 Å². The van der Waals surface area contributed by atoms with Gasteiger partial charge in [0, 0.05) is 13.6 Å². The van der Waals surface area contributed by atoms with Gasteiger partial charge < -0.3 is 4.57 Å². The second-order valence-corrected chi connectivity index (χ2v) is 6.72. The molecule has 1 unspecified atom stereocenters. The van der Waals surface area contributed by atoms with Crippen molar-refractivity contribution in [2.75, 3.05) is 12.0 Å². The SMILES string of the molecule is CCCc1nn(C)c2c1nc(C(C)Cl)n2CCCSC. The fraction of sp³-hybridized carbons (Fsp3) is 0.714. The molecule has 2 heterocycles. The Balaban J connectivity index is 2.47. The molecule has 0 aliphatic carbocycles. The van der Waals surface area contributed by atoms with Crippen molar-refractivity contribution in [3.63, 3.8) is 0 Å². The van der Waals surface area contributed by atoms with E-state index in [1.54, 1.807) is 0 Å². The van der Waals surface area contributed by atoms with Gasteiger partial charge in [-0.1, -0.05) is 13.3 Å². The summed E-state index contributed by atoms with van der Waals surface area (Å²) >= 11 is 8.18. The summed E-state index contributed by atoms with van der Waals surface area (Å²) in [5.74, 6) is 2.11. The van der Waals surface area contributed by atoms with Gasteiger partial charge in [0.15, 0.2) is 5.65 Å². The Hall–Kier alpha value is -0.680. The highest BCUT2D eigenvalue weighted by Gasteiger charge is 2.20. The zero-order chi connectivity index (χ0) is 14.7. The van der Waals surface area contributed by atoms with Crippen LogP contribution < -0.4 is 0 Å². The molecule has 0 aliphatic rings. The molecule has 0 fully saturated rings. The molecule has 6 heteroatoms. The number of rotatable bonds is 7. The Morgan fingerprint density at radius 3 is 2.75 bits per heavy atom. The van der Waals surface area contributed by atoms with Crippen LogP contribution in [-0.2, 0) is 20.0 Å². The topological polar surface area (TPSA) is 35.6 Å². The number of alkyl halides is 1. The third-order valence-electron chi connectivity index (χ3n) is 3.39. The van der Waals surface area contributed by atoms with Gasteiger partial charge in [-0.15, -0.1) is 11.6 Å². The summed E-state index contributed by atoms with van der Waals surface area (Å²) in [6.07, 6.45) is 5.31. The van der Waals surface area contributed by atoms with Crippen molar-refractivity contribution in [2.24, 2.45) is 7.05 Å². The molecule has 112 valence electrons. The van der Waals surface area contributed by atoms with Crippen LogP contribution in [0.2, 0.25) is 0 Å². The highest BCUT2D eigenvalue weighted by molar-refractivity contribution is 7.98. The summed E-state index contributed by atoms with van der Waals surface area (Å²) < 4.78 is 4.20. The number of aryl methyl sites for hydroxylation is 3. The van der Waals surface area contributed by atoms with Crippen molar-refractivity contribution in [1.82, 2.24) is 19.3 Å². The molecule has 0 amide bonds. The van der Waals surface area contributed by atoms with Gasteiger partial charge in [0.2, 0.25) is 0 Å². The largest absolute Gasteiger partial charge is 0.312 e. The molecular weight excluding hydrogens is 292 g/mol. The minimum atomic E-state index is -0.0776. The lowest BCUT2D eigenvalue weighted by molar-refractivity contribution is 0.627. The van der Waals surface area contributed by atoms with Crippen molar-refractivity contribution < 1.29 is 0 Å². The molecule has 2 aromatic rings. The molecule has 0 spiro atoms. The average Bonchev–Trinajstić information content (AvgIpc) is 2.91. The van der Waals surface area contributed by atoms with E-state index in [0.29, 0.717) is 0 Å². The number of aromatic nitrogens is 4. The lowest BCUT2D eigenvalue weighted by Crippen LogP contribution is -2.09. The van der Waals surface area contributed by atoms with Crippen LogP contribution in [0.25, 0.3) is 11.2 Å². The second-order valence-electron chi connectivity index (χ2n) is 5.08. The van der Waals surface area contributed by atoms with Crippen molar-refractivity contribution >= 4 is 34.5 Å². The van der Waals surface area contributed by atoms with E-state index in [0.717, 1.165) is 54.2 Å². The molecule has 4 nitrogen and oxygen atoms in total. The van der Waals surface area contributed by atoms with Crippen LogP contribution in [0.3, 0.4) is 0 Å². The summed E-state index contributed by atoms with van der Waals surface area (Å²) in [5, 5.41) is 4.54. The number of imidazole rings is 1. The number of halogens is 1. The monoisotopic (exact) mass is 314 g/mol. The van der Waals surface area contributed by atoms with Gasteiger partial charge in [-0.05, 0) is 31.8 Å². The second kappa shape index (κ2) is 6.85. The minimum Gasteiger partial charge on any atom is -0.312 e. The molecule has 0 aliphatic heterocycles. The lowest BCUT2D eigenvalue weighted by Gasteiger charge is -2.10. The predicted molar refractivity (Wildman–Crippen MR) is 87.8 cm³/mol. The quantitative estimate of drug-likeness (QED) is 0.576. The zero-order valence-electron chi connectivity index (χ0n) is 12.7. The fourth-order valence-electron chi connectivity index (χ4n) is 2.55. The normalized spacial score (nSPS) is 13.2.